The summed E-state index contributed by atoms with van der Waals surface area (Å²) in [5.41, 5.74) is 0.557. The molecule has 0 radical (unpaired) electrons. The Morgan fingerprint density at radius 1 is 1.56 bits per heavy atom. The van der Waals surface area contributed by atoms with Crippen molar-refractivity contribution in [3.63, 3.8) is 0 Å². The lowest BCUT2D eigenvalue weighted by molar-refractivity contribution is -0.129. The molecular weight excluding hydrogens is 275 g/mol. The van der Waals surface area contributed by atoms with Crippen LogP contribution in [0.5, 0.6) is 0 Å². The number of rotatable bonds is 5. The van der Waals surface area contributed by atoms with E-state index >= 15 is 0 Å². The quantitative estimate of drug-likeness (QED) is 0.827. The van der Waals surface area contributed by atoms with Crippen LogP contribution >= 0.6 is 15.9 Å². The van der Waals surface area contributed by atoms with E-state index in [1.165, 1.54) is 13.2 Å². The summed E-state index contributed by atoms with van der Waals surface area (Å²) in [5, 5.41) is 0. The maximum Gasteiger partial charge on any atom is 0.166 e. The summed E-state index contributed by atoms with van der Waals surface area (Å²) >= 11 is 3.07. The van der Waals surface area contributed by atoms with E-state index in [9.17, 15) is 9.18 Å². The summed E-state index contributed by atoms with van der Waals surface area (Å²) in [6.45, 7) is 1.92. The Hall–Kier alpha value is -0.740. The summed E-state index contributed by atoms with van der Waals surface area (Å²) in [7, 11) is 1.46. The van der Waals surface area contributed by atoms with Crippen molar-refractivity contribution in [2.75, 3.05) is 7.11 Å². The van der Waals surface area contributed by atoms with Gasteiger partial charge in [0.05, 0.1) is 4.47 Å². The van der Waals surface area contributed by atoms with Crippen LogP contribution in [0, 0.1) is 5.82 Å². The normalized spacial score (nSPS) is 12.5. The Kier molecular flexibility index (Phi) is 5.09. The Bertz CT molecular complexity index is 379. The molecular formula is C12H14BrFO2. The smallest absolute Gasteiger partial charge is 0.166 e. The molecule has 1 rings (SSSR count). The van der Waals surface area contributed by atoms with Crippen LogP contribution in [0.4, 0.5) is 4.39 Å². The van der Waals surface area contributed by atoms with Crippen LogP contribution in [0.1, 0.15) is 31.4 Å². The van der Waals surface area contributed by atoms with Gasteiger partial charge in [-0.25, -0.2) is 4.39 Å². The Morgan fingerprint density at radius 3 is 2.75 bits per heavy atom. The van der Waals surface area contributed by atoms with Gasteiger partial charge in [0.2, 0.25) is 0 Å². The number of hydrogen-bond donors (Lipinski definition) is 0. The van der Waals surface area contributed by atoms with Gasteiger partial charge < -0.3 is 4.74 Å². The fourth-order valence-corrected chi connectivity index (χ4v) is 1.75. The van der Waals surface area contributed by atoms with Crippen LogP contribution in [0.3, 0.4) is 0 Å². The lowest BCUT2D eigenvalue weighted by Gasteiger charge is -2.14. The van der Waals surface area contributed by atoms with Crippen molar-refractivity contribution < 1.29 is 13.9 Å². The standard InChI is InChI=1S/C12H14BrFO2/c1-3-4-11(15)12(16-2)8-5-6-9(13)10(14)7-8/h5-7,12H,3-4H2,1-2H3. The van der Waals surface area contributed by atoms with Gasteiger partial charge in [-0.3, -0.25) is 4.79 Å². The number of carbonyl (C=O) groups is 1. The molecule has 1 atom stereocenters. The van der Waals surface area contributed by atoms with Gasteiger partial charge >= 0.3 is 0 Å². The minimum atomic E-state index is -0.664. The van der Waals surface area contributed by atoms with Crippen molar-refractivity contribution in [2.45, 2.75) is 25.9 Å². The van der Waals surface area contributed by atoms with Crippen molar-refractivity contribution in [2.24, 2.45) is 0 Å². The van der Waals surface area contributed by atoms with E-state index in [0.717, 1.165) is 6.42 Å². The van der Waals surface area contributed by atoms with Gasteiger partial charge in [0.1, 0.15) is 11.9 Å². The second kappa shape index (κ2) is 6.11. The monoisotopic (exact) mass is 288 g/mol. The fourth-order valence-electron chi connectivity index (χ4n) is 1.51. The van der Waals surface area contributed by atoms with Crippen molar-refractivity contribution in [1.29, 1.82) is 0 Å². The summed E-state index contributed by atoms with van der Waals surface area (Å²) in [4.78, 5) is 11.7. The number of methoxy groups -OCH3 is 1. The molecule has 0 N–H and O–H groups in total. The number of ether oxygens (including phenoxy) is 1. The second-order valence-corrected chi connectivity index (χ2v) is 4.36. The second-order valence-electron chi connectivity index (χ2n) is 3.51. The molecule has 1 aromatic rings. The zero-order valence-electron chi connectivity index (χ0n) is 9.30. The predicted molar refractivity (Wildman–Crippen MR) is 63.8 cm³/mol. The molecule has 1 unspecified atom stereocenters. The average Bonchev–Trinajstić information content (AvgIpc) is 2.25. The van der Waals surface area contributed by atoms with Crippen LogP contribution in [0.15, 0.2) is 22.7 Å². The van der Waals surface area contributed by atoms with Crippen LogP contribution in [0.2, 0.25) is 0 Å². The van der Waals surface area contributed by atoms with Gasteiger partial charge in [-0.05, 0) is 40.0 Å². The molecule has 1 aromatic carbocycles. The molecule has 0 aliphatic carbocycles. The number of ketones is 1. The van der Waals surface area contributed by atoms with Crippen LogP contribution in [-0.4, -0.2) is 12.9 Å². The molecule has 2 nitrogen and oxygen atoms in total. The van der Waals surface area contributed by atoms with Gasteiger partial charge in [-0.15, -0.1) is 0 Å². The molecule has 0 bridgehead atoms. The first-order valence-corrected chi connectivity index (χ1v) is 5.90. The number of hydrogen-bond acceptors (Lipinski definition) is 2. The highest BCUT2D eigenvalue weighted by atomic mass is 79.9. The van der Waals surface area contributed by atoms with Crippen molar-refractivity contribution in [1.82, 2.24) is 0 Å². The Morgan fingerprint density at radius 2 is 2.25 bits per heavy atom. The van der Waals surface area contributed by atoms with Crippen molar-refractivity contribution in [3.8, 4) is 0 Å². The molecule has 0 aliphatic rings. The van der Waals surface area contributed by atoms with E-state index in [1.807, 2.05) is 6.92 Å². The average molecular weight is 289 g/mol. The number of halogens is 2. The zero-order valence-corrected chi connectivity index (χ0v) is 10.9. The lowest BCUT2D eigenvalue weighted by Crippen LogP contribution is -2.14. The van der Waals surface area contributed by atoms with Gasteiger partial charge in [0.25, 0.3) is 0 Å². The highest BCUT2D eigenvalue weighted by molar-refractivity contribution is 9.10. The molecule has 88 valence electrons. The zero-order chi connectivity index (χ0) is 12.1. The molecule has 0 saturated heterocycles. The topological polar surface area (TPSA) is 26.3 Å². The minimum absolute atomic E-state index is 0.0216. The minimum Gasteiger partial charge on any atom is -0.369 e. The molecule has 4 heteroatoms. The number of benzene rings is 1. The number of Topliss-reactive ketones (excluding diaryl/α,β-unsaturated/α-hetero) is 1. The van der Waals surface area contributed by atoms with E-state index in [0.29, 0.717) is 16.5 Å². The van der Waals surface area contributed by atoms with Crippen LogP contribution < -0.4 is 0 Å². The maximum absolute atomic E-state index is 13.3. The molecule has 0 spiro atoms. The highest BCUT2D eigenvalue weighted by Crippen LogP contribution is 2.24. The van der Waals surface area contributed by atoms with Gasteiger partial charge in [-0.2, -0.15) is 0 Å². The van der Waals surface area contributed by atoms with Gasteiger partial charge in [0.15, 0.2) is 5.78 Å². The molecule has 0 aliphatic heterocycles. The predicted octanol–water partition coefficient (Wildman–Crippen LogP) is 3.64. The SMILES string of the molecule is CCCC(=O)C(OC)c1ccc(Br)c(F)c1. The summed E-state index contributed by atoms with van der Waals surface area (Å²) in [5.74, 6) is -0.407. The summed E-state index contributed by atoms with van der Waals surface area (Å²) in [6.07, 6.45) is 0.538. The molecule has 16 heavy (non-hydrogen) atoms. The lowest BCUT2D eigenvalue weighted by atomic mass is 10.0. The molecule has 0 amide bonds. The Balaban J connectivity index is 2.95. The van der Waals surface area contributed by atoms with E-state index in [4.69, 9.17) is 4.74 Å². The Labute approximate surface area is 103 Å². The largest absolute Gasteiger partial charge is 0.369 e. The summed E-state index contributed by atoms with van der Waals surface area (Å²) < 4.78 is 18.8. The number of carbonyl (C=O) groups excluding carboxylic acids is 1. The third-order valence-electron chi connectivity index (χ3n) is 2.27. The van der Waals surface area contributed by atoms with E-state index in [2.05, 4.69) is 15.9 Å². The maximum atomic E-state index is 13.3. The van der Waals surface area contributed by atoms with Gasteiger partial charge in [0, 0.05) is 13.5 Å². The van der Waals surface area contributed by atoms with E-state index in [-0.39, 0.29) is 11.6 Å². The highest BCUT2D eigenvalue weighted by Gasteiger charge is 2.19. The van der Waals surface area contributed by atoms with Crippen LogP contribution in [0.25, 0.3) is 0 Å². The summed E-state index contributed by atoms with van der Waals surface area (Å²) in [6, 6.07) is 4.59. The molecule has 0 fully saturated rings. The third-order valence-corrected chi connectivity index (χ3v) is 2.91. The van der Waals surface area contributed by atoms with E-state index in [1.54, 1.807) is 12.1 Å². The van der Waals surface area contributed by atoms with Crippen molar-refractivity contribution >= 4 is 21.7 Å². The van der Waals surface area contributed by atoms with Crippen LogP contribution in [-0.2, 0) is 9.53 Å². The first-order valence-electron chi connectivity index (χ1n) is 5.10. The molecule has 0 heterocycles. The van der Waals surface area contributed by atoms with E-state index < -0.39 is 6.10 Å². The first kappa shape index (κ1) is 13.3. The molecule has 0 saturated carbocycles. The fraction of sp³-hybridized carbons (Fsp3) is 0.417. The first-order chi connectivity index (χ1) is 7.60. The van der Waals surface area contributed by atoms with Crippen molar-refractivity contribution in [3.05, 3.63) is 34.1 Å². The van der Waals surface area contributed by atoms with Gasteiger partial charge in [-0.1, -0.05) is 13.0 Å². The third kappa shape index (κ3) is 3.12. The molecule has 0 aromatic heterocycles.